The molecule has 1 aliphatic heterocycles. The number of hydrogen-bond donors (Lipinski definition) is 0. The number of carbonyl (C=O) groups excluding carboxylic acids is 1. The summed E-state index contributed by atoms with van der Waals surface area (Å²) in [5.41, 5.74) is 2.14. The lowest BCUT2D eigenvalue weighted by atomic mass is 9.93. The highest BCUT2D eigenvalue weighted by Crippen LogP contribution is 2.35. The Morgan fingerprint density at radius 3 is 2.44 bits per heavy atom. The van der Waals surface area contributed by atoms with E-state index in [4.69, 9.17) is 19.2 Å². The Kier molecular flexibility index (Phi) is 7.42. The molecule has 0 bridgehead atoms. The summed E-state index contributed by atoms with van der Waals surface area (Å²) in [6, 6.07) is 19.5. The zero-order valence-corrected chi connectivity index (χ0v) is 22.3. The van der Waals surface area contributed by atoms with Crippen molar-refractivity contribution in [3.63, 3.8) is 0 Å². The topological polar surface area (TPSA) is 79.1 Å². The first-order valence-electron chi connectivity index (χ1n) is 12.2. The van der Waals surface area contributed by atoms with Gasteiger partial charge in [0.05, 0.1) is 42.7 Å². The second-order valence-electron chi connectivity index (χ2n) is 8.57. The smallest absolute Gasteiger partial charge is 0.338 e. The van der Waals surface area contributed by atoms with Crippen molar-refractivity contribution < 1.29 is 23.4 Å². The van der Waals surface area contributed by atoms with Crippen LogP contribution in [0.15, 0.2) is 88.2 Å². The van der Waals surface area contributed by atoms with Gasteiger partial charge >= 0.3 is 5.97 Å². The number of rotatable bonds is 7. The van der Waals surface area contributed by atoms with E-state index in [0.29, 0.717) is 43.2 Å². The maximum absolute atomic E-state index is 14.0. The highest BCUT2D eigenvalue weighted by molar-refractivity contribution is 7.07. The fourth-order valence-electron chi connectivity index (χ4n) is 4.57. The Morgan fingerprint density at radius 2 is 1.77 bits per heavy atom. The number of thiazole rings is 1. The second-order valence-corrected chi connectivity index (χ2v) is 9.57. The molecule has 9 heteroatoms. The molecule has 0 spiro atoms. The first-order valence-corrected chi connectivity index (χ1v) is 13.0. The number of esters is 1. The Balaban J connectivity index is 1.83. The average Bonchev–Trinajstić information content (AvgIpc) is 3.27. The van der Waals surface area contributed by atoms with Crippen molar-refractivity contribution in [2.24, 2.45) is 4.99 Å². The Morgan fingerprint density at radius 1 is 1.03 bits per heavy atom. The Hall–Kier alpha value is -4.50. The minimum absolute atomic E-state index is 0.139. The van der Waals surface area contributed by atoms with Gasteiger partial charge in [0.2, 0.25) is 0 Å². The van der Waals surface area contributed by atoms with Crippen molar-refractivity contribution in [3.05, 3.63) is 121 Å². The SMILES string of the molecule is CCOC(=O)C1=C(c2ccccc2)N=c2s/c(=C\c3cccc(OC)c3OC)c(=O)n2[C@@H]1c1ccc(F)cc1. The summed E-state index contributed by atoms with van der Waals surface area (Å²) < 4.78 is 32.1. The van der Waals surface area contributed by atoms with E-state index in [1.807, 2.05) is 36.4 Å². The standard InChI is InChI=1S/C30H25FN2O5S/c1-4-38-29(35)24-25(18-9-6-5-7-10-18)32-30-33(26(24)19-13-15-21(31)16-14-19)28(34)23(39-30)17-20-11-8-12-22(36-2)27(20)37-3/h5-17,26H,4H2,1-3H3/b23-17-/t26-/m1/s1. The number of nitrogens with zero attached hydrogens (tertiary/aromatic N) is 2. The van der Waals surface area contributed by atoms with Crippen LogP contribution in [0.4, 0.5) is 4.39 Å². The maximum Gasteiger partial charge on any atom is 0.338 e. The van der Waals surface area contributed by atoms with E-state index in [1.165, 1.54) is 35.1 Å². The number of benzene rings is 3. The van der Waals surface area contributed by atoms with Crippen LogP contribution in [0.5, 0.6) is 11.5 Å². The molecule has 5 rings (SSSR count). The van der Waals surface area contributed by atoms with Gasteiger partial charge in [-0.2, -0.15) is 0 Å². The third kappa shape index (κ3) is 4.88. The molecule has 2 heterocycles. The molecular weight excluding hydrogens is 519 g/mol. The molecule has 0 aliphatic carbocycles. The molecule has 1 atom stereocenters. The molecule has 0 radical (unpaired) electrons. The lowest BCUT2D eigenvalue weighted by Crippen LogP contribution is -2.40. The van der Waals surface area contributed by atoms with Crippen molar-refractivity contribution in [2.45, 2.75) is 13.0 Å². The van der Waals surface area contributed by atoms with E-state index in [2.05, 4.69) is 0 Å². The first kappa shape index (κ1) is 26.1. The Bertz CT molecular complexity index is 1740. The van der Waals surface area contributed by atoms with Crippen LogP contribution in [0.2, 0.25) is 0 Å². The van der Waals surface area contributed by atoms with Gasteiger partial charge in [-0.1, -0.05) is 65.9 Å². The highest BCUT2D eigenvalue weighted by Gasteiger charge is 2.35. The van der Waals surface area contributed by atoms with Crippen molar-refractivity contribution in [1.29, 1.82) is 0 Å². The molecule has 0 saturated carbocycles. The fraction of sp³-hybridized carbons (Fsp3) is 0.167. The van der Waals surface area contributed by atoms with E-state index < -0.39 is 17.8 Å². The van der Waals surface area contributed by atoms with E-state index in [-0.39, 0.29) is 17.7 Å². The predicted molar refractivity (Wildman–Crippen MR) is 147 cm³/mol. The Labute approximate surface area is 227 Å². The summed E-state index contributed by atoms with van der Waals surface area (Å²) in [5, 5.41) is 0. The average molecular weight is 545 g/mol. The summed E-state index contributed by atoms with van der Waals surface area (Å²) in [5.74, 6) is -0.0170. The summed E-state index contributed by atoms with van der Waals surface area (Å²) in [7, 11) is 3.07. The minimum atomic E-state index is -0.884. The predicted octanol–water partition coefficient (Wildman–Crippen LogP) is 4.09. The highest BCUT2D eigenvalue weighted by atomic mass is 32.1. The van der Waals surface area contributed by atoms with Crippen molar-refractivity contribution >= 4 is 29.1 Å². The van der Waals surface area contributed by atoms with Crippen LogP contribution in [0.1, 0.15) is 29.7 Å². The number of ether oxygens (including phenoxy) is 3. The molecule has 0 amide bonds. The van der Waals surface area contributed by atoms with E-state index in [1.54, 1.807) is 44.4 Å². The lowest BCUT2D eigenvalue weighted by molar-refractivity contribution is -0.138. The molecule has 0 fully saturated rings. The summed E-state index contributed by atoms with van der Waals surface area (Å²) in [6.07, 6.45) is 1.71. The van der Waals surface area contributed by atoms with Crippen LogP contribution in [0.3, 0.4) is 0 Å². The molecular formula is C30H25FN2O5S. The number of fused-ring (bicyclic) bond motifs is 1. The van der Waals surface area contributed by atoms with Gasteiger partial charge in [-0.05, 0) is 36.8 Å². The zero-order valence-electron chi connectivity index (χ0n) is 21.5. The van der Waals surface area contributed by atoms with Gasteiger partial charge in [-0.15, -0.1) is 0 Å². The molecule has 7 nitrogen and oxygen atoms in total. The van der Waals surface area contributed by atoms with Crippen molar-refractivity contribution in [1.82, 2.24) is 4.57 Å². The number of aromatic nitrogens is 1. The van der Waals surface area contributed by atoms with Gasteiger partial charge in [0.1, 0.15) is 5.82 Å². The number of carbonyl (C=O) groups is 1. The molecule has 0 saturated heterocycles. The number of hydrogen-bond acceptors (Lipinski definition) is 7. The fourth-order valence-corrected chi connectivity index (χ4v) is 5.56. The third-order valence-corrected chi connectivity index (χ3v) is 7.26. The third-order valence-electron chi connectivity index (χ3n) is 6.28. The molecule has 198 valence electrons. The van der Waals surface area contributed by atoms with Crippen LogP contribution in [0, 0.1) is 5.82 Å². The largest absolute Gasteiger partial charge is 0.493 e. The van der Waals surface area contributed by atoms with Gasteiger partial charge in [-0.3, -0.25) is 9.36 Å². The molecule has 0 unspecified atom stereocenters. The molecule has 39 heavy (non-hydrogen) atoms. The minimum Gasteiger partial charge on any atom is -0.493 e. The van der Waals surface area contributed by atoms with Crippen LogP contribution in [-0.2, 0) is 9.53 Å². The molecule has 0 N–H and O–H groups in total. The van der Waals surface area contributed by atoms with Gasteiger partial charge in [0.25, 0.3) is 5.56 Å². The normalized spacial score (nSPS) is 15.0. The van der Waals surface area contributed by atoms with Crippen LogP contribution >= 0.6 is 11.3 Å². The van der Waals surface area contributed by atoms with Crippen LogP contribution in [0.25, 0.3) is 11.8 Å². The van der Waals surface area contributed by atoms with Crippen molar-refractivity contribution in [3.8, 4) is 11.5 Å². The number of para-hydroxylation sites is 1. The summed E-state index contributed by atoms with van der Waals surface area (Å²) >= 11 is 1.19. The summed E-state index contributed by atoms with van der Waals surface area (Å²) in [6.45, 7) is 1.85. The van der Waals surface area contributed by atoms with E-state index in [9.17, 15) is 14.0 Å². The molecule has 1 aliphatic rings. The second kappa shape index (κ2) is 11.1. The number of halogens is 1. The van der Waals surface area contributed by atoms with Crippen molar-refractivity contribution in [2.75, 3.05) is 20.8 Å². The lowest BCUT2D eigenvalue weighted by Gasteiger charge is -2.25. The van der Waals surface area contributed by atoms with E-state index >= 15 is 0 Å². The van der Waals surface area contributed by atoms with Gasteiger partial charge in [-0.25, -0.2) is 14.2 Å². The van der Waals surface area contributed by atoms with Gasteiger partial charge in [0.15, 0.2) is 16.3 Å². The summed E-state index contributed by atoms with van der Waals surface area (Å²) in [4.78, 5) is 32.6. The van der Waals surface area contributed by atoms with Gasteiger partial charge < -0.3 is 14.2 Å². The monoisotopic (exact) mass is 544 g/mol. The maximum atomic E-state index is 14.0. The molecule has 3 aromatic carbocycles. The molecule has 1 aromatic heterocycles. The van der Waals surface area contributed by atoms with Crippen LogP contribution < -0.4 is 24.4 Å². The first-order chi connectivity index (χ1) is 19.0. The molecule has 4 aromatic rings. The van der Waals surface area contributed by atoms with Gasteiger partial charge in [0, 0.05) is 11.1 Å². The quantitative estimate of drug-likeness (QED) is 0.328. The van der Waals surface area contributed by atoms with Crippen LogP contribution in [-0.4, -0.2) is 31.4 Å². The zero-order chi connectivity index (χ0) is 27.5. The van der Waals surface area contributed by atoms with E-state index in [0.717, 1.165) is 0 Å². The number of methoxy groups -OCH3 is 2.